The van der Waals surface area contributed by atoms with E-state index in [1.807, 2.05) is 36.4 Å². The summed E-state index contributed by atoms with van der Waals surface area (Å²) in [5, 5.41) is 11.1. The third-order valence-corrected chi connectivity index (χ3v) is 11.4. The molecule has 6 atom stereocenters. The number of hydrogen-bond donors (Lipinski definition) is 1. The second kappa shape index (κ2) is 10.3. The summed E-state index contributed by atoms with van der Waals surface area (Å²) in [6.45, 7) is 0.102. The lowest BCUT2D eigenvalue weighted by Gasteiger charge is -2.50. The van der Waals surface area contributed by atoms with Gasteiger partial charge in [0.05, 0.1) is 24.1 Å². The van der Waals surface area contributed by atoms with Gasteiger partial charge in [-0.25, -0.2) is 9.29 Å². The molecule has 2 heterocycles. The fourth-order valence-corrected chi connectivity index (χ4v) is 8.79. The molecule has 44 heavy (non-hydrogen) atoms. The quantitative estimate of drug-likeness (QED) is 0.203. The normalized spacial score (nSPS) is 31.1. The Balaban J connectivity index is 1.38. The zero-order chi connectivity index (χ0) is 31.1. The van der Waals surface area contributed by atoms with E-state index in [9.17, 15) is 28.7 Å². The zero-order valence-corrected chi connectivity index (χ0v) is 26.0. The number of aromatic hydroxyl groups is 1. The van der Waals surface area contributed by atoms with Crippen molar-refractivity contribution in [2.45, 2.75) is 35.1 Å². The van der Waals surface area contributed by atoms with E-state index in [-0.39, 0.29) is 48.2 Å². The van der Waals surface area contributed by atoms with E-state index < -0.39 is 51.1 Å². The summed E-state index contributed by atoms with van der Waals surface area (Å²) in [6, 6.07) is 18.7. The van der Waals surface area contributed by atoms with E-state index in [4.69, 9.17) is 23.2 Å². The van der Waals surface area contributed by atoms with Crippen LogP contribution in [-0.2, 0) is 25.7 Å². The topological polar surface area (TPSA) is 95.0 Å². The number of benzene rings is 3. The van der Waals surface area contributed by atoms with Gasteiger partial charge in [0.2, 0.25) is 11.8 Å². The van der Waals surface area contributed by atoms with E-state index in [2.05, 4.69) is 15.9 Å². The largest absolute Gasteiger partial charge is 0.508 e. The maximum Gasteiger partial charge on any atom is 0.258 e. The first-order valence-electron chi connectivity index (χ1n) is 14.1. The number of alkyl halides is 2. The Morgan fingerprint density at radius 3 is 2.32 bits per heavy atom. The molecule has 2 aliphatic carbocycles. The average Bonchev–Trinajstić information content (AvgIpc) is 3.33. The molecule has 224 valence electrons. The summed E-state index contributed by atoms with van der Waals surface area (Å²) in [7, 11) is 0. The minimum atomic E-state index is -2.12. The van der Waals surface area contributed by atoms with E-state index in [0.29, 0.717) is 10.0 Å². The van der Waals surface area contributed by atoms with Gasteiger partial charge in [-0.15, -0.1) is 23.2 Å². The molecule has 3 fully saturated rings. The Labute approximate surface area is 270 Å². The summed E-state index contributed by atoms with van der Waals surface area (Å²) >= 11 is 18.1. The lowest BCUT2D eigenvalue weighted by Crippen LogP contribution is -2.60. The number of fused-ring (bicyclic) bond motifs is 4. The number of rotatable bonds is 4. The first kappa shape index (κ1) is 29.2. The standard InChI is InChI=1S/C33H24BrCl2FN2O5/c34-18-6-13-25(40)23(14-18)27-21-11-12-22-26(29(42)38(28(22)41)16-17-4-2-1-3-5-17)24(21)15-32(35)30(43)39(31(44)33(27,32)36)20-9-7-19(37)8-10-20/h1-11,13-14,22,24,26-27,40H,12,15-16H2/t22-,24+,26-,27+,32+,33-/m0/s1. The highest BCUT2D eigenvalue weighted by Crippen LogP contribution is 2.66. The van der Waals surface area contributed by atoms with Gasteiger partial charge in [0.25, 0.3) is 11.8 Å². The van der Waals surface area contributed by atoms with Gasteiger partial charge in [-0.3, -0.25) is 24.1 Å². The van der Waals surface area contributed by atoms with Crippen molar-refractivity contribution in [1.29, 1.82) is 0 Å². The van der Waals surface area contributed by atoms with Crippen molar-refractivity contribution in [1.82, 2.24) is 4.90 Å². The van der Waals surface area contributed by atoms with Gasteiger partial charge in [-0.05, 0) is 66.8 Å². The zero-order valence-electron chi connectivity index (χ0n) is 22.9. The van der Waals surface area contributed by atoms with Crippen LogP contribution in [0.1, 0.15) is 29.9 Å². The highest BCUT2D eigenvalue weighted by Gasteiger charge is 2.76. The van der Waals surface area contributed by atoms with Crippen LogP contribution in [0.3, 0.4) is 0 Å². The lowest BCUT2D eigenvalue weighted by atomic mass is 9.56. The molecule has 3 aromatic carbocycles. The van der Waals surface area contributed by atoms with Crippen molar-refractivity contribution in [3.63, 3.8) is 0 Å². The summed E-state index contributed by atoms with van der Waals surface area (Å²) in [4.78, 5) is 54.2. The number of carbonyl (C=O) groups is 4. The van der Waals surface area contributed by atoms with Crippen molar-refractivity contribution in [3.8, 4) is 5.75 Å². The predicted octanol–water partition coefficient (Wildman–Crippen LogP) is 6.06. The summed E-state index contributed by atoms with van der Waals surface area (Å²) in [5.41, 5.74) is 1.69. The van der Waals surface area contributed by atoms with Crippen LogP contribution in [0.15, 0.2) is 88.9 Å². The third-order valence-electron chi connectivity index (χ3n) is 9.47. The maximum atomic E-state index is 14.4. The van der Waals surface area contributed by atoms with Gasteiger partial charge in [0.1, 0.15) is 11.6 Å². The molecule has 2 saturated heterocycles. The number of anilines is 1. The van der Waals surface area contributed by atoms with Gasteiger partial charge in [0.15, 0.2) is 9.75 Å². The highest BCUT2D eigenvalue weighted by molar-refractivity contribution is 9.10. The van der Waals surface area contributed by atoms with Crippen LogP contribution < -0.4 is 4.90 Å². The minimum absolute atomic E-state index is 0.0871. The van der Waals surface area contributed by atoms with Crippen LogP contribution in [0.2, 0.25) is 0 Å². The molecule has 1 N–H and O–H groups in total. The number of amides is 4. The Bertz CT molecular complexity index is 1790. The molecule has 7 rings (SSSR count). The first-order chi connectivity index (χ1) is 21.0. The number of imide groups is 2. The van der Waals surface area contributed by atoms with Crippen molar-refractivity contribution in [3.05, 3.63) is 106 Å². The molecular formula is C33H24BrCl2FN2O5. The molecule has 1 saturated carbocycles. The molecule has 11 heteroatoms. The minimum Gasteiger partial charge on any atom is -0.508 e. The SMILES string of the molecule is O=C1[C@H]2[C@H](CC=C3[C@H]2C[C@@]2(Cl)C(=O)N(c4ccc(F)cc4)C(=O)[C@@]2(Cl)[C@H]3c2cc(Br)ccc2O)C(=O)N1Cc1ccccc1. The monoisotopic (exact) mass is 696 g/mol. The van der Waals surface area contributed by atoms with Gasteiger partial charge in [0, 0.05) is 16.0 Å². The molecule has 2 aliphatic heterocycles. The van der Waals surface area contributed by atoms with E-state index in [0.717, 1.165) is 22.6 Å². The van der Waals surface area contributed by atoms with Crippen LogP contribution in [0.4, 0.5) is 10.1 Å². The van der Waals surface area contributed by atoms with E-state index >= 15 is 0 Å². The number of allylic oxidation sites excluding steroid dienone is 2. The Morgan fingerprint density at radius 1 is 0.909 bits per heavy atom. The number of phenols is 1. The average molecular weight is 698 g/mol. The van der Waals surface area contributed by atoms with Gasteiger partial charge in [-0.2, -0.15) is 0 Å². The van der Waals surface area contributed by atoms with Crippen LogP contribution in [0, 0.1) is 23.6 Å². The number of nitrogens with zero attached hydrogens (tertiary/aromatic N) is 2. The van der Waals surface area contributed by atoms with Gasteiger partial charge < -0.3 is 5.11 Å². The predicted molar refractivity (Wildman–Crippen MR) is 164 cm³/mol. The lowest BCUT2D eigenvalue weighted by molar-refractivity contribution is -0.141. The molecule has 0 spiro atoms. The third kappa shape index (κ3) is 3.98. The number of phenolic OH excluding ortho intramolecular Hbond substituents is 1. The van der Waals surface area contributed by atoms with Gasteiger partial charge >= 0.3 is 0 Å². The molecule has 7 nitrogen and oxygen atoms in total. The van der Waals surface area contributed by atoms with Gasteiger partial charge in [-0.1, -0.05) is 57.9 Å². The summed E-state index contributed by atoms with van der Waals surface area (Å²) < 4.78 is 14.4. The van der Waals surface area contributed by atoms with Crippen molar-refractivity contribution < 1.29 is 28.7 Å². The first-order valence-corrected chi connectivity index (χ1v) is 15.6. The Morgan fingerprint density at radius 2 is 1.61 bits per heavy atom. The number of likely N-dealkylation sites (tertiary alicyclic amines) is 1. The molecule has 0 radical (unpaired) electrons. The van der Waals surface area contributed by atoms with Crippen molar-refractivity contribution in [2.75, 3.05) is 4.90 Å². The van der Waals surface area contributed by atoms with E-state index in [1.165, 1.54) is 23.1 Å². The number of carbonyl (C=O) groups excluding carboxylic acids is 4. The number of halogens is 4. The maximum absolute atomic E-state index is 14.4. The van der Waals surface area contributed by atoms with Crippen LogP contribution in [-0.4, -0.2) is 43.4 Å². The summed E-state index contributed by atoms with van der Waals surface area (Å²) in [6.07, 6.45) is 1.83. The van der Waals surface area contributed by atoms with Crippen molar-refractivity contribution >= 4 is 68.4 Å². The fraction of sp³-hybridized carbons (Fsp3) is 0.273. The molecule has 4 aliphatic rings. The Kier molecular flexibility index (Phi) is 6.81. The van der Waals surface area contributed by atoms with Crippen molar-refractivity contribution in [2.24, 2.45) is 17.8 Å². The Hall–Kier alpha value is -3.53. The fourth-order valence-electron chi connectivity index (χ4n) is 7.49. The highest BCUT2D eigenvalue weighted by atomic mass is 79.9. The smallest absolute Gasteiger partial charge is 0.258 e. The molecule has 0 bridgehead atoms. The van der Waals surface area contributed by atoms with Crippen LogP contribution >= 0.6 is 39.1 Å². The molecule has 0 aromatic heterocycles. The second-order valence-electron chi connectivity index (χ2n) is 11.7. The molecule has 4 amide bonds. The number of hydrogen-bond acceptors (Lipinski definition) is 5. The van der Waals surface area contributed by atoms with E-state index in [1.54, 1.807) is 12.1 Å². The summed E-state index contributed by atoms with van der Waals surface area (Å²) in [5.74, 6) is -6.46. The molecule has 3 aromatic rings. The van der Waals surface area contributed by atoms with Crippen LogP contribution in [0.5, 0.6) is 5.75 Å². The second-order valence-corrected chi connectivity index (χ2v) is 13.9. The van der Waals surface area contributed by atoms with Crippen LogP contribution in [0.25, 0.3) is 0 Å². The molecule has 0 unspecified atom stereocenters. The molecular weight excluding hydrogens is 674 g/mol.